The van der Waals surface area contributed by atoms with Gasteiger partial charge in [-0.3, -0.25) is 10.1 Å². The van der Waals surface area contributed by atoms with Gasteiger partial charge < -0.3 is 25.0 Å². The molecule has 4 aromatic rings. The first-order chi connectivity index (χ1) is 21.2. The van der Waals surface area contributed by atoms with Crippen molar-refractivity contribution in [1.29, 1.82) is 0 Å². The Labute approximate surface area is 257 Å². The zero-order valence-electron chi connectivity index (χ0n) is 25.2. The Kier molecular flexibility index (Phi) is 8.43. The highest BCUT2D eigenvalue weighted by molar-refractivity contribution is 6.00. The zero-order valence-corrected chi connectivity index (χ0v) is 25.2. The summed E-state index contributed by atoms with van der Waals surface area (Å²) in [5.41, 5.74) is 0.384. The van der Waals surface area contributed by atoms with Gasteiger partial charge in [0.05, 0.1) is 22.6 Å². The quantitative estimate of drug-likeness (QED) is 0.217. The number of aromatic nitrogens is 3. The van der Waals surface area contributed by atoms with Gasteiger partial charge in [-0.25, -0.2) is 14.5 Å². The van der Waals surface area contributed by atoms with Crippen molar-refractivity contribution < 1.29 is 32.2 Å². The maximum atomic E-state index is 14.2. The summed E-state index contributed by atoms with van der Waals surface area (Å²) in [6.45, 7) is 6.29. The average Bonchev–Trinajstić information content (AvgIpc) is 3.37. The Morgan fingerprint density at radius 1 is 1.09 bits per heavy atom. The summed E-state index contributed by atoms with van der Waals surface area (Å²) in [5, 5.41) is 12.2. The molecule has 0 saturated heterocycles. The number of hydrogen-bond donors (Lipinski definition) is 3. The van der Waals surface area contributed by atoms with Crippen molar-refractivity contribution in [2.24, 2.45) is 0 Å². The third-order valence-corrected chi connectivity index (χ3v) is 6.62. The molecule has 0 fully saturated rings. The third kappa shape index (κ3) is 7.34. The summed E-state index contributed by atoms with van der Waals surface area (Å²) in [5.74, 6) is -0.0752. The number of anilines is 3. The Hall–Kier alpha value is -5.11. The van der Waals surface area contributed by atoms with Crippen LogP contribution >= 0.6 is 0 Å². The first-order valence-electron chi connectivity index (χ1n) is 13.9. The molecule has 2 aromatic carbocycles. The molecule has 0 spiro atoms. The van der Waals surface area contributed by atoms with E-state index in [0.29, 0.717) is 17.9 Å². The van der Waals surface area contributed by atoms with E-state index in [1.54, 1.807) is 10.7 Å². The van der Waals surface area contributed by atoms with Crippen molar-refractivity contribution >= 4 is 29.3 Å². The van der Waals surface area contributed by atoms with E-state index < -0.39 is 29.4 Å². The number of alkyl halides is 3. The highest BCUT2D eigenvalue weighted by atomic mass is 19.4. The molecule has 0 atom stereocenters. The molecule has 0 bridgehead atoms. The number of halogens is 3. The minimum atomic E-state index is -4.84. The van der Waals surface area contributed by atoms with E-state index >= 15 is 0 Å². The number of rotatable bonds is 7. The SMILES string of the molecule is CN(C)Cc1cccc(-n2nc(C(C)(C)C)cc2NC(=O)Nc2ccc(Oc3ccnc4c3OCC(=O)N4)cc2C(F)(F)F)c1. The molecule has 5 rings (SSSR count). The van der Waals surface area contributed by atoms with E-state index in [1.807, 2.05) is 64.0 Å². The summed E-state index contributed by atoms with van der Waals surface area (Å²) in [6, 6.07) is 12.9. The standard InChI is InChI=1S/C31H32F3N7O4/c1-30(2,3)24-15-25(41(39-24)19-8-6-7-18(13-19)16-40(4)5)37-29(43)36-22-10-9-20(14-21(22)31(32,33)34)45-23-11-12-35-28-27(23)44-17-26(42)38-28/h6-15H,16-17H2,1-5H3,(H,35,38,42)(H2,36,37,43). The van der Waals surface area contributed by atoms with Crippen molar-refractivity contribution in [2.45, 2.75) is 38.9 Å². The molecule has 3 heterocycles. The van der Waals surface area contributed by atoms with E-state index in [-0.39, 0.29) is 40.9 Å². The average molecular weight is 624 g/mol. The molecule has 3 N–H and O–H groups in total. The second-order valence-electron chi connectivity index (χ2n) is 11.7. The lowest BCUT2D eigenvalue weighted by Gasteiger charge is -2.20. The van der Waals surface area contributed by atoms with Crippen LogP contribution in [0.3, 0.4) is 0 Å². The van der Waals surface area contributed by atoms with Crippen LogP contribution < -0.4 is 25.4 Å². The summed E-state index contributed by atoms with van der Waals surface area (Å²) in [7, 11) is 3.90. The van der Waals surface area contributed by atoms with Gasteiger partial charge in [0.25, 0.3) is 5.91 Å². The molecule has 14 heteroatoms. The van der Waals surface area contributed by atoms with Crippen LogP contribution in [-0.4, -0.2) is 52.3 Å². The third-order valence-electron chi connectivity index (χ3n) is 6.62. The molecule has 0 saturated carbocycles. The number of amides is 3. The van der Waals surface area contributed by atoms with Gasteiger partial charge in [0.15, 0.2) is 18.2 Å². The van der Waals surface area contributed by atoms with Crippen LogP contribution in [0.25, 0.3) is 5.69 Å². The zero-order chi connectivity index (χ0) is 32.5. The first kappa shape index (κ1) is 31.3. The predicted octanol–water partition coefficient (Wildman–Crippen LogP) is 6.41. The maximum absolute atomic E-state index is 14.2. The summed E-state index contributed by atoms with van der Waals surface area (Å²) in [4.78, 5) is 30.7. The fraction of sp³-hybridized carbons (Fsp3) is 0.290. The topological polar surface area (TPSA) is 123 Å². The van der Waals surface area contributed by atoms with Crippen LogP contribution in [0.5, 0.6) is 17.2 Å². The minimum Gasteiger partial charge on any atom is -0.476 e. The lowest BCUT2D eigenvalue weighted by molar-refractivity contribution is -0.137. The van der Waals surface area contributed by atoms with Crippen LogP contribution in [0, 0.1) is 0 Å². The van der Waals surface area contributed by atoms with E-state index in [2.05, 4.69) is 20.9 Å². The molecule has 2 aromatic heterocycles. The van der Waals surface area contributed by atoms with E-state index in [4.69, 9.17) is 14.6 Å². The summed E-state index contributed by atoms with van der Waals surface area (Å²) in [6.07, 6.45) is -3.51. The van der Waals surface area contributed by atoms with Crippen molar-refractivity contribution in [2.75, 3.05) is 36.7 Å². The lowest BCUT2D eigenvalue weighted by atomic mass is 9.92. The number of benzene rings is 2. The molecule has 1 aliphatic rings. The minimum absolute atomic E-state index is 0.0594. The molecule has 11 nitrogen and oxygen atoms in total. The lowest BCUT2D eigenvalue weighted by Crippen LogP contribution is -2.26. The predicted molar refractivity (Wildman–Crippen MR) is 162 cm³/mol. The van der Waals surface area contributed by atoms with Gasteiger partial charge in [-0.15, -0.1) is 0 Å². The summed E-state index contributed by atoms with van der Waals surface area (Å²) >= 11 is 0. The number of ether oxygens (including phenoxy) is 2. The van der Waals surface area contributed by atoms with E-state index in [0.717, 1.165) is 17.7 Å². The van der Waals surface area contributed by atoms with E-state index in [1.165, 1.54) is 18.3 Å². The van der Waals surface area contributed by atoms with Crippen molar-refractivity contribution in [1.82, 2.24) is 19.7 Å². The second kappa shape index (κ2) is 12.1. The van der Waals surface area contributed by atoms with Crippen molar-refractivity contribution in [3.05, 3.63) is 77.6 Å². The van der Waals surface area contributed by atoms with Crippen LogP contribution in [0.4, 0.5) is 35.3 Å². The molecular formula is C31H32F3N7O4. The number of carbonyl (C=O) groups excluding carboxylic acids is 2. The molecule has 0 unspecified atom stereocenters. The Morgan fingerprint density at radius 3 is 2.58 bits per heavy atom. The number of fused-ring (bicyclic) bond motifs is 1. The normalized spacial score (nSPS) is 13.1. The van der Waals surface area contributed by atoms with Crippen molar-refractivity contribution in [3.8, 4) is 22.9 Å². The largest absolute Gasteiger partial charge is 0.476 e. The Morgan fingerprint density at radius 2 is 1.87 bits per heavy atom. The van der Waals surface area contributed by atoms with E-state index in [9.17, 15) is 22.8 Å². The monoisotopic (exact) mass is 623 g/mol. The van der Waals surface area contributed by atoms with Crippen LogP contribution in [0.15, 0.2) is 60.8 Å². The highest BCUT2D eigenvalue weighted by Crippen LogP contribution is 2.41. The number of nitrogens with one attached hydrogen (secondary N) is 3. The van der Waals surface area contributed by atoms with Crippen LogP contribution in [0.1, 0.15) is 37.6 Å². The number of carbonyl (C=O) groups is 2. The fourth-order valence-corrected chi connectivity index (χ4v) is 4.56. The molecule has 0 aliphatic carbocycles. The first-order valence-corrected chi connectivity index (χ1v) is 13.9. The highest BCUT2D eigenvalue weighted by Gasteiger charge is 2.35. The number of hydrogen-bond acceptors (Lipinski definition) is 7. The smallest absolute Gasteiger partial charge is 0.418 e. The molecule has 1 aliphatic heterocycles. The number of pyridine rings is 1. The fourth-order valence-electron chi connectivity index (χ4n) is 4.56. The maximum Gasteiger partial charge on any atom is 0.418 e. The number of nitrogens with zero attached hydrogens (tertiary/aromatic N) is 4. The van der Waals surface area contributed by atoms with Gasteiger partial charge in [-0.1, -0.05) is 32.9 Å². The molecule has 45 heavy (non-hydrogen) atoms. The van der Waals surface area contributed by atoms with Crippen LogP contribution in [-0.2, 0) is 22.9 Å². The van der Waals surface area contributed by atoms with Gasteiger partial charge in [0.1, 0.15) is 11.6 Å². The molecule has 3 amide bonds. The number of urea groups is 1. The Bertz CT molecular complexity index is 1750. The van der Waals surface area contributed by atoms with Crippen molar-refractivity contribution in [3.63, 3.8) is 0 Å². The molecular weight excluding hydrogens is 591 g/mol. The summed E-state index contributed by atoms with van der Waals surface area (Å²) < 4.78 is 55.1. The van der Waals surface area contributed by atoms with Crippen LogP contribution in [0.2, 0.25) is 0 Å². The van der Waals surface area contributed by atoms with Gasteiger partial charge >= 0.3 is 12.2 Å². The Balaban J connectivity index is 1.41. The second-order valence-corrected chi connectivity index (χ2v) is 11.7. The van der Waals surface area contributed by atoms with Gasteiger partial charge in [-0.2, -0.15) is 18.3 Å². The van der Waals surface area contributed by atoms with Gasteiger partial charge in [-0.05, 0) is 50.0 Å². The van der Waals surface area contributed by atoms with Gasteiger partial charge in [0, 0.05) is 30.3 Å². The van der Waals surface area contributed by atoms with Gasteiger partial charge in [0.2, 0.25) is 5.75 Å². The molecule has 236 valence electrons. The molecule has 0 radical (unpaired) electrons.